The number of hydrogen-bond donors (Lipinski definition) is 2. The van der Waals surface area contributed by atoms with Gasteiger partial charge in [0.1, 0.15) is 0 Å². The zero-order chi connectivity index (χ0) is 14.1. The average molecular weight is 396 g/mol. The fourth-order valence-corrected chi connectivity index (χ4v) is 2.48. The summed E-state index contributed by atoms with van der Waals surface area (Å²) >= 11 is 0. The molecule has 1 heterocycles. The number of aliphatic imine (C=N–C) groups is 1. The maximum Gasteiger partial charge on any atom is 0.188 e. The van der Waals surface area contributed by atoms with Crippen LogP contribution in [0.15, 0.2) is 4.99 Å². The first kappa shape index (κ1) is 20.0. The van der Waals surface area contributed by atoms with E-state index < -0.39 is 0 Å². The lowest BCUT2D eigenvalue weighted by molar-refractivity contribution is 0.188. The van der Waals surface area contributed by atoms with Gasteiger partial charge in [0.25, 0.3) is 0 Å². The predicted octanol–water partition coefficient (Wildman–Crippen LogP) is 2.68. The molecule has 20 heavy (non-hydrogen) atoms. The van der Waals surface area contributed by atoms with Crippen LogP contribution >= 0.6 is 24.0 Å². The number of guanidine groups is 1. The van der Waals surface area contributed by atoms with Crippen molar-refractivity contribution in [3.8, 4) is 0 Å². The molecule has 1 rings (SSSR count). The zero-order valence-electron chi connectivity index (χ0n) is 13.4. The summed E-state index contributed by atoms with van der Waals surface area (Å²) in [4.78, 5) is 7.04. The van der Waals surface area contributed by atoms with Crippen LogP contribution in [-0.2, 0) is 0 Å². The number of hydrogen-bond acceptors (Lipinski definition) is 2. The lowest BCUT2D eigenvalue weighted by atomic mass is 9.97. The van der Waals surface area contributed by atoms with Crippen molar-refractivity contribution in [2.45, 2.75) is 46.5 Å². The Hall–Kier alpha value is -0.0400. The molecule has 0 aliphatic carbocycles. The fourth-order valence-electron chi connectivity index (χ4n) is 2.48. The Labute approximate surface area is 142 Å². The number of nitrogens with one attached hydrogen (secondary N) is 1. The van der Waals surface area contributed by atoms with Crippen LogP contribution in [-0.4, -0.2) is 43.6 Å². The van der Waals surface area contributed by atoms with Crippen LogP contribution in [0, 0.1) is 11.8 Å². The highest BCUT2D eigenvalue weighted by atomic mass is 127. The molecule has 120 valence electrons. The first-order valence-electron chi connectivity index (χ1n) is 7.88. The molecule has 0 amide bonds. The molecule has 3 N–H and O–H groups in total. The first-order valence-corrected chi connectivity index (χ1v) is 7.88. The Bertz CT molecular complexity index is 261. The van der Waals surface area contributed by atoms with Crippen LogP contribution in [0.5, 0.6) is 0 Å². The number of likely N-dealkylation sites (tertiary alicyclic amines) is 1. The van der Waals surface area contributed by atoms with Crippen LogP contribution in [0.2, 0.25) is 0 Å². The number of rotatable bonds is 7. The third-order valence-electron chi connectivity index (χ3n) is 3.79. The molecule has 0 bridgehead atoms. The predicted molar refractivity (Wildman–Crippen MR) is 98.8 cm³/mol. The van der Waals surface area contributed by atoms with E-state index in [2.05, 4.69) is 36.0 Å². The van der Waals surface area contributed by atoms with Gasteiger partial charge in [-0.2, -0.15) is 0 Å². The van der Waals surface area contributed by atoms with Crippen LogP contribution in [0.3, 0.4) is 0 Å². The summed E-state index contributed by atoms with van der Waals surface area (Å²) in [5.74, 6) is 2.05. The lowest BCUT2D eigenvalue weighted by Crippen LogP contribution is -2.36. The Kier molecular flexibility index (Phi) is 11.6. The zero-order valence-corrected chi connectivity index (χ0v) is 15.7. The largest absolute Gasteiger partial charge is 0.370 e. The van der Waals surface area contributed by atoms with Gasteiger partial charge in [-0.1, -0.05) is 20.8 Å². The maximum atomic E-state index is 5.88. The third kappa shape index (κ3) is 9.00. The van der Waals surface area contributed by atoms with Crippen molar-refractivity contribution >= 4 is 29.9 Å². The van der Waals surface area contributed by atoms with Gasteiger partial charge in [-0.25, -0.2) is 0 Å². The number of nitrogens with two attached hydrogens (primary N) is 1. The molecule has 1 saturated heterocycles. The summed E-state index contributed by atoms with van der Waals surface area (Å²) in [6.07, 6.45) is 4.94. The number of piperidine rings is 1. The third-order valence-corrected chi connectivity index (χ3v) is 3.79. The van der Waals surface area contributed by atoms with E-state index in [4.69, 9.17) is 5.73 Å². The molecule has 0 atom stereocenters. The lowest BCUT2D eigenvalue weighted by Gasteiger charge is -2.30. The molecule has 0 radical (unpaired) electrons. The molecule has 0 saturated carbocycles. The van der Waals surface area contributed by atoms with Gasteiger partial charge in [-0.15, -0.1) is 24.0 Å². The van der Waals surface area contributed by atoms with E-state index in [0.29, 0.717) is 11.9 Å². The van der Waals surface area contributed by atoms with E-state index in [0.717, 1.165) is 25.4 Å². The summed E-state index contributed by atoms with van der Waals surface area (Å²) in [5.41, 5.74) is 5.88. The van der Waals surface area contributed by atoms with Crippen LogP contribution in [0.4, 0.5) is 0 Å². The summed E-state index contributed by atoms with van der Waals surface area (Å²) in [7, 11) is 0. The highest BCUT2D eigenvalue weighted by molar-refractivity contribution is 14.0. The topological polar surface area (TPSA) is 53.6 Å². The molecule has 0 aromatic rings. The summed E-state index contributed by atoms with van der Waals surface area (Å²) < 4.78 is 0. The SMILES string of the molecule is CCCN1CCC(CN=C(N)NCCC(C)C)CC1.I. The van der Waals surface area contributed by atoms with Gasteiger partial charge in [0.15, 0.2) is 5.96 Å². The molecule has 0 spiro atoms. The quantitative estimate of drug-likeness (QED) is 0.395. The number of nitrogens with zero attached hydrogens (tertiary/aromatic N) is 2. The molecule has 5 heteroatoms. The summed E-state index contributed by atoms with van der Waals surface area (Å²) in [5, 5.41) is 3.20. The second-order valence-electron chi connectivity index (χ2n) is 6.12. The van der Waals surface area contributed by atoms with Gasteiger partial charge in [0.05, 0.1) is 0 Å². The minimum atomic E-state index is 0. The highest BCUT2D eigenvalue weighted by Crippen LogP contribution is 2.17. The van der Waals surface area contributed by atoms with Crippen LogP contribution < -0.4 is 11.1 Å². The van der Waals surface area contributed by atoms with Crippen LogP contribution in [0.25, 0.3) is 0 Å². The van der Waals surface area contributed by atoms with Gasteiger partial charge in [-0.05, 0) is 57.2 Å². The monoisotopic (exact) mass is 396 g/mol. The van der Waals surface area contributed by atoms with Crippen LogP contribution in [0.1, 0.15) is 46.5 Å². The average Bonchev–Trinajstić information content (AvgIpc) is 2.38. The second-order valence-corrected chi connectivity index (χ2v) is 6.12. The molecule has 1 fully saturated rings. The fraction of sp³-hybridized carbons (Fsp3) is 0.933. The highest BCUT2D eigenvalue weighted by Gasteiger charge is 2.17. The minimum Gasteiger partial charge on any atom is -0.370 e. The van der Waals surface area contributed by atoms with Crippen molar-refractivity contribution in [3.63, 3.8) is 0 Å². The van der Waals surface area contributed by atoms with E-state index in [1.165, 1.54) is 38.9 Å². The molecule has 0 aromatic carbocycles. The molecular weight excluding hydrogens is 363 g/mol. The van der Waals surface area contributed by atoms with Gasteiger partial charge in [0.2, 0.25) is 0 Å². The van der Waals surface area contributed by atoms with E-state index in [1.54, 1.807) is 0 Å². The van der Waals surface area contributed by atoms with Gasteiger partial charge >= 0.3 is 0 Å². The normalized spacial score (nSPS) is 18.1. The number of halogens is 1. The van der Waals surface area contributed by atoms with E-state index in [-0.39, 0.29) is 24.0 Å². The Morgan fingerprint density at radius 3 is 2.55 bits per heavy atom. The summed E-state index contributed by atoms with van der Waals surface area (Å²) in [6.45, 7) is 12.2. The van der Waals surface area contributed by atoms with Gasteiger partial charge in [-0.3, -0.25) is 4.99 Å². The van der Waals surface area contributed by atoms with Crippen molar-refractivity contribution < 1.29 is 0 Å². The molecular formula is C15H33IN4. The van der Waals surface area contributed by atoms with Gasteiger partial charge < -0.3 is 16.0 Å². The van der Waals surface area contributed by atoms with Crippen molar-refractivity contribution in [3.05, 3.63) is 0 Å². The molecule has 1 aliphatic heterocycles. The molecule has 4 nitrogen and oxygen atoms in total. The maximum absolute atomic E-state index is 5.88. The Balaban J connectivity index is 0.00000361. The van der Waals surface area contributed by atoms with Crippen molar-refractivity contribution in [2.75, 3.05) is 32.7 Å². The molecule has 1 aliphatic rings. The summed E-state index contributed by atoms with van der Waals surface area (Å²) in [6, 6.07) is 0. The van der Waals surface area contributed by atoms with Crippen molar-refractivity contribution in [1.29, 1.82) is 0 Å². The van der Waals surface area contributed by atoms with E-state index in [9.17, 15) is 0 Å². The Morgan fingerprint density at radius 2 is 2.00 bits per heavy atom. The molecule has 0 aromatic heterocycles. The Morgan fingerprint density at radius 1 is 1.35 bits per heavy atom. The first-order chi connectivity index (χ1) is 9.11. The molecule has 0 unspecified atom stereocenters. The second kappa shape index (κ2) is 11.6. The standard InChI is InChI=1S/C15H32N4.HI/c1-4-9-19-10-6-14(7-11-19)12-18-15(16)17-8-5-13(2)3;/h13-14H,4-12H2,1-3H3,(H3,16,17,18);1H. The smallest absolute Gasteiger partial charge is 0.188 e. The van der Waals surface area contributed by atoms with Crippen molar-refractivity contribution in [2.24, 2.45) is 22.6 Å². The van der Waals surface area contributed by atoms with E-state index >= 15 is 0 Å². The van der Waals surface area contributed by atoms with Gasteiger partial charge in [0, 0.05) is 13.1 Å². The minimum absolute atomic E-state index is 0. The van der Waals surface area contributed by atoms with Crippen molar-refractivity contribution in [1.82, 2.24) is 10.2 Å². The van der Waals surface area contributed by atoms with E-state index in [1.807, 2.05) is 0 Å².